The van der Waals surface area contributed by atoms with Crippen molar-refractivity contribution in [1.82, 2.24) is 9.97 Å². The Balaban J connectivity index is 2.25. The second-order valence-corrected chi connectivity index (χ2v) is 4.20. The van der Waals surface area contributed by atoms with Gasteiger partial charge in [-0.05, 0) is 12.5 Å². The molecule has 0 spiro atoms. The van der Waals surface area contributed by atoms with Gasteiger partial charge in [-0.3, -0.25) is 0 Å². The lowest BCUT2D eigenvalue weighted by Gasteiger charge is -2.09. The monoisotopic (exact) mass is 245 g/mol. The van der Waals surface area contributed by atoms with Crippen molar-refractivity contribution in [2.45, 2.75) is 25.8 Å². The first-order chi connectivity index (χ1) is 8.72. The Morgan fingerprint density at radius 1 is 1.22 bits per heavy atom. The van der Waals surface area contributed by atoms with Gasteiger partial charge in [0.15, 0.2) is 0 Å². The first kappa shape index (κ1) is 12.6. The smallest absolute Gasteiger partial charge is 0.144 e. The third-order valence-corrected chi connectivity index (χ3v) is 2.79. The van der Waals surface area contributed by atoms with E-state index in [1.54, 1.807) is 30.6 Å². The van der Waals surface area contributed by atoms with Crippen molar-refractivity contribution in [3.05, 3.63) is 48.3 Å². The topological polar surface area (TPSA) is 51.8 Å². The predicted octanol–water partition coefficient (Wildman–Crippen LogP) is 3.08. The van der Waals surface area contributed by atoms with Gasteiger partial charge in [0.1, 0.15) is 11.6 Å². The summed E-state index contributed by atoms with van der Waals surface area (Å²) in [5.41, 5.74) is 7.10. The number of nitrogens with zero attached hydrogens (tertiary/aromatic N) is 2. The number of aromatic nitrogens is 2. The molecule has 1 unspecified atom stereocenters. The van der Waals surface area contributed by atoms with Crippen LogP contribution in [0, 0.1) is 5.82 Å². The van der Waals surface area contributed by atoms with Crippen LogP contribution in [-0.2, 0) is 0 Å². The molecule has 0 saturated heterocycles. The lowest BCUT2D eigenvalue weighted by atomic mass is 10.1. The van der Waals surface area contributed by atoms with Crippen LogP contribution in [0.3, 0.4) is 0 Å². The molecule has 2 rings (SSSR count). The molecule has 1 aromatic heterocycles. The standard InChI is InChI=1S/C14H16FN3/c1-2-5-13(16)14-17-8-10(9-18-14)11-6-3-4-7-12(11)15/h3-4,6-9,13H,2,5,16H2,1H3. The summed E-state index contributed by atoms with van der Waals surface area (Å²) < 4.78 is 13.6. The van der Waals surface area contributed by atoms with E-state index in [0.717, 1.165) is 12.8 Å². The number of hydrogen-bond donors (Lipinski definition) is 1. The van der Waals surface area contributed by atoms with Crippen LogP contribution < -0.4 is 5.73 Å². The van der Waals surface area contributed by atoms with Crippen LogP contribution in [0.25, 0.3) is 11.1 Å². The van der Waals surface area contributed by atoms with Crippen molar-refractivity contribution in [1.29, 1.82) is 0 Å². The Kier molecular flexibility index (Phi) is 3.99. The molecular weight excluding hydrogens is 229 g/mol. The first-order valence-corrected chi connectivity index (χ1v) is 6.04. The summed E-state index contributed by atoms with van der Waals surface area (Å²) >= 11 is 0. The molecule has 18 heavy (non-hydrogen) atoms. The molecule has 94 valence electrons. The zero-order valence-electron chi connectivity index (χ0n) is 10.3. The van der Waals surface area contributed by atoms with Crippen LogP contribution in [-0.4, -0.2) is 9.97 Å². The average Bonchev–Trinajstić information content (AvgIpc) is 2.40. The second-order valence-electron chi connectivity index (χ2n) is 4.20. The van der Waals surface area contributed by atoms with E-state index < -0.39 is 0 Å². The molecule has 1 aromatic carbocycles. The maximum atomic E-state index is 13.6. The molecule has 0 aliphatic heterocycles. The highest BCUT2D eigenvalue weighted by Gasteiger charge is 2.09. The molecule has 1 atom stereocenters. The molecule has 0 radical (unpaired) electrons. The second kappa shape index (κ2) is 5.69. The Morgan fingerprint density at radius 3 is 2.50 bits per heavy atom. The van der Waals surface area contributed by atoms with Gasteiger partial charge in [-0.15, -0.1) is 0 Å². The molecule has 2 aromatic rings. The van der Waals surface area contributed by atoms with Gasteiger partial charge < -0.3 is 5.73 Å². The van der Waals surface area contributed by atoms with Crippen molar-refractivity contribution in [2.24, 2.45) is 5.73 Å². The molecule has 0 aliphatic carbocycles. The Labute approximate surface area is 106 Å². The highest BCUT2D eigenvalue weighted by atomic mass is 19.1. The van der Waals surface area contributed by atoms with E-state index in [-0.39, 0.29) is 11.9 Å². The van der Waals surface area contributed by atoms with Crippen molar-refractivity contribution in [3.8, 4) is 11.1 Å². The lowest BCUT2D eigenvalue weighted by Crippen LogP contribution is -2.13. The van der Waals surface area contributed by atoms with Crippen LogP contribution in [0.2, 0.25) is 0 Å². The first-order valence-electron chi connectivity index (χ1n) is 6.04. The largest absolute Gasteiger partial charge is 0.321 e. The van der Waals surface area contributed by atoms with E-state index >= 15 is 0 Å². The third kappa shape index (κ3) is 2.71. The molecule has 0 amide bonds. The molecule has 3 nitrogen and oxygen atoms in total. The quantitative estimate of drug-likeness (QED) is 0.900. The van der Waals surface area contributed by atoms with Crippen molar-refractivity contribution in [2.75, 3.05) is 0 Å². The van der Waals surface area contributed by atoms with E-state index in [1.165, 1.54) is 6.07 Å². The number of rotatable bonds is 4. The average molecular weight is 245 g/mol. The summed E-state index contributed by atoms with van der Waals surface area (Å²) in [6.45, 7) is 2.06. The summed E-state index contributed by atoms with van der Waals surface area (Å²) in [5, 5.41) is 0. The van der Waals surface area contributed by atoms with Gasteiger partial charge in [-0.2, -0.15) is 0 Å². The molecule has 0 aliphatic rings. The number of hydrogen-bond acceptors (Lipinski definition) is 3. The Bertz CT molecular complexity index is 511. The van der Waals surface area contributed by atoms with E-state index in [1.807, 2.05) is 0 Å². The Hall–Kier alpha value is -1.81. The van der Waals surface area contributed by atoms with Crippen molar-refractivity contribution < 1.29 is 4.39 Å². The van der Waals surface area contributed by atoms with E-state index in [0.29, 0.717) is 17.0 Å². The summed E-state index contributed by atoms with van der Waals surface area (Å²) in [6, 6.07) is 6.43. The van der Waals surface area contributed by atoms with Gasteiger partial charge in [0.25, 0.3) is 0 Å². The molecule has 0 saturated carbocycles. The summed E-state index contributed by atoms with van der Waals surface area (Å²) in [6.07, 6.45) is 5.07. The van der Waals surface area contributed by atoms with Crippen LogP contribution in [0.5, 0.6) is 0 Å². The SMILES string of the molecule is CCCC(N)c1ncc(-c2ccccc2F)cn1. The summed E-state index contributed by atoms with van der Waals surface area (Å²) in [7, 11) is 0. The van der Waals surface area contributed by atoms with Crippen LogP contribution in [0.4, 0.5) is 4.39 Å². The van der Waals surface area contributed by atoms with Gasteiger partial charge in [0, 0.05) is 23.5 Å². The van der Waals surface area contributed by atoms with Gasteiger partial charge in [0.05, 0.1) is 6.04 Å². The highest BCUT2D eigenvalue weighted by molar-refractivity contribution is 5.61. The van der Waals surface area contributed by atoms with Gasteiger partial charge in [-0.1, -0.05) is 31.5 Å². The van der Waals surface area contributed by atoms with Gasteiger partial charge >= 0.3 is 0 Å². The van der Waals surface area contributed by atoms with Gasteiger partial charge in [0.2, 0.25) is 0 Å². The minimum Gasteiger partial charge on any atom is -0.321 e. The highest BCUT2D eigenvalue weighted by Crippen LogP contribution is 2.21. The van der Waals surface area contributed by atoms with E-state index in [2.05, 4.69) is 16.9 Å². The number of benzene rings is 1. The molecular formula is C14H16FN3. The fourth-order valence-corrected chi connectivity index (χ4v) is 1.80. The number of nitrogens with two attached hydrogens (primary N) is 1. The maximum absolute atomic E-state index is 13.6. The molecule has 0 fully saturated rings. The zero-order chi connectivity index (χ0) is 13.0. The normalized spacial score (nSPS) is 12.4. The predicted molar refractivity (Wildman–Crippen MR) is 69.3 cm³/mol. The fraction of sp³-hybridized carbons (Fsp3) is 0.286. The summed E-state index contributed by atoms with van der Waals surface area (Å²) in [4.78, 5) is 8.42. The van der Waals surface area contributed by atoms with Crippen molar-refractivity contribution in [3.63, 3.8) is 0 Å². The molecule has 0 bridgehead atoms. The summed E-state index contributed by atoms with van der Waals surface area (Å²) in [5.74, 6) is 0.337. The molecule has 1 heterocycles. The van der Waals surface area contributed by atoms with Gasteiger partial charge in [-0.25, -0.2) is 14.4 Å². The fourth-order valence-electron chi connectivity index (χ4n) is 1.80. The van der Waals surface area contributed by atoms with Crippen LogP contribution >= 0.6 is 0 Å². The maximum Gasteiger partial charge on any atom is 0.144 e. The minimum absolute atomic E-state index is 0.148. The van der Waals surface area contributed by atoms with E-state index in [4.69, 9.17) is 5.73 Å². The van der Waals surface area contributed by atoms with Crippen LogP contribution in [0.1, 0.15) is 31.6 Å². The lowest BCUT2D eigenvalue weighted by molar-refractivity contribution is 0.601. The third-order valence-electron chi connectivity index (χ3n) is 2.79. The minimum atomic E-state index is -0.272. The molecule has 2 N–H and O–H groups in total. The van der Waals surface area contributed by atoms with E-state index in [9.17, 15) is 4.39 Å². The number of halogens is 1. The molecule has 4 heteroatoms. The van der Waals surface area contributed by atoms with Crippen molar-refractivity contribution >= 4 is 0 Å². The Morgan fingerprint density at radius 2 is 1.89 bits per heavy atom. The zero-order valence-corrected chi connectivity index (χ0v) is 10.3. The van der Waals surface area contributed by atoms with Crippen LogP contribution in [0.15, 0.2) is 36.7 Å².